The SMILES string of the molecule is CC(=O)Nc1ccc(NC(=O)CNc2cccc(Br)c2)cc1. The Kier molecular flexibility index (Phi) is 5.55. The van der Waals surface area contributed by atoms with Crippen LogP contribution < -0.4 is 16.0 Å². The van der Waals surface area contributed by atoms with E-state index in [1.807, 2.05) is 24.3 Å². The number of rotatable bonds is 5. The van der Waals surface area contributed by atoms with Crippen LogP contribution in [0.5, 0.6) is 0 Å². The van der Waals surface area contributed by atoms with E-state index in [0.717, 1.165) is 10.2 Å². The molecule has 0 aliphatic heterocycles. The molecule has 0 aliphatic rings. The molecule has 0 fully saturated rings. The first-order valence-electron chi connectivity index (χ1n) is 6.70. The summed E-state index contributed by atoms with van der Waals surface area (Å²) >= 11 is 3.38. The molecule has 0 spiro atoms. The average Bonchev–Trinajstić information content (AvgIpc) is 2.47. The van der Waals surface area contributed by atoms with Gasteiger partial charge >= 0.3 is 0 Å². The van der Waals surface area contributed by atoms with Crippen LogP contribution in [0.4, 0.5) is 17.1 Å². The molecule has 5 nitrogen and oxygen atoms in total. The molecule has 6 heteroatoms. The van der Waals surface area contributed by atoms with Gasteiger partial charge in [0.05, 0.1) is 6.54 Å². The molecular formula is C16H16BrN3O2. The van der Waals surface area contributed by atoms with Crippen LogP contribution in [0.15, 0.2) is 53.0 Å². The number of carbonyl (C=O) groups is 2. The summed E-state index contributed by atoms with van der Waals surface area (Å²) < 4.78 is 0.950. The highest BCUT2D eigenvalue weighted by atomic mass is 79.9. The van der Waals surface area contributed by atoms with Crippen LogP contribution in [0.1, 0.15) is 6.92 Å². The molecular weight excluding hydrogens is 346 g/mol. The highest BCUT2D eigenvalue weighted by Gasteiger charge is 2.03. The number of hydrogen-bond donors (Lipinski definition) is 3. The Morgan fingerprint density at radius 3 is 2.18 bits per heavy atom. The summed E-state index contributed by atoms with van der Waals surface area (Å²) in [6, 6.07) is 14.5. The number of carbonyl (C=O) groups excluding carboxylic acids is 2. The van der Waals surface area contributed by atoms with E-state index in [2.05, 4.69) is 31.9 Å². The number of anilines is 3. The third kappa shape index (κ3) is 5.21. The summed E-state index contributed by atoms with van der Waals surface area (Å²) in [6.45, 7) is 1.62. The minimum atomic E-state index is -0.146. The lowest BCUT2D eigenvalue weighted by atomic mass is 10.2. The summed E-state index contributed by atoms with van der Waals surface area (Å²) in [7, 11) is 0. The second-order valence-electron chi connectivity index (χ2n) is 4.67. The second-order valence-corrected chi connectivity index (χ2v) is 5.59. The third-order valence-electron chi connectivity index (χ3n) is 2.77. The molecule has 114 valence electrons. The molecule has 2 amide bonds. The van der Waals surface area contributed by atoms with Crippen LogP contribution in [-0.2, 0) is 9.59 Å². The molecule has 0 unspecified atom stereocenters. The topological polar surface area (TPSA) is 70.2 Å². The van der Waals surface area contributed by atoms with Crippen molar-refractivity contribution in [2.24, 2.45) is 0 Å². The molecule has 2 rings (SSSR count). The zero-order chi connectivity index (χ0) is 15.9. The third-order valence-corrected chi connectivity index (χ3v) is 3.26. The maximum atomic E-state index is 11.9. The van der Waals surface area contributed by atoms with Gasteiger partial charge in [-0.1, -0.05) is 22.0 Å². The molecule has 0 aliphatic carbocycles. The number of halogens is 1. The first kappa shape index (κ1) is 16.0. The first-order chi connectivity index (χ1) is 10.5. The molecule has 2 aromatic rings. The van der Waals surface area contributed by atoms with E-state index >= 15 is 0 Å². The fourth-order valence-electron chi connectivity index (χ4n) is 1.83. The van der Waals surface area contributed by atoms with Crippen molar-refractivity contribution >= 4 is 44.8 Å². The molecule has 0 saturated carbocycles. The normalized spacial score (nSPS) is 9.91. The fraction of sp³-hybridized carbons (Fsp3) is 0.125. The Bertz CT molecular complexity index is 671. The summed E-state index contributed by atoms with van der Waals surface area (Å²) in [5, 5.41) is 8.49. The van der Waals surface area contributed by atoms with E-state index in [1.54, 1.807) is 24.3 Å². The van der Waals surface area contributed by atoms with Gasteiger partial charge in [0.25, 0.3) is 0 Å². The predicted molar refractivity (Wildman–Crippen MR) is 92.0 cm³/mol. The lowest BCUT2D eigenvalue weighted by molar-refractivity contribution is -0.115. The summed E-state index contributed by atoms with van der Waals surface area (Å²) in [4.78, 5) is 22.8. The number of amides is 2. The van der Waals surface area contributed by atoms with E-state index in [-0.39, 0.29) is 18.4 Å². The molecule has 0 atom stereocenters. The second kappa shape index (κ2) is 7.61. The summed E-state index contributed by atoms with van der Waals surface area (Å²) in [5.74, 6) is -0.276. The van der Waals surface area contributed by atoms with Gasteiger partial charge in [-0.15, -0.1) is 0 Å². The molecule has 0 radical (unpaired) electrons. The van der Waals surface area contributed by atoms with Crippen molar-refractivity contribution in [2.75, 3.05) is 22.5 Å². The van der Waals surface area contributed by atoms with Gasteiger partial charge in [0.1, 0.15) is 0 Å². The highest BCUT2D eigenvalue weighted by molar-refractivity contribution is 9.10. The monoisotopic (exact) mass is 361 g/mol. The minimum Gasteiger partial charge on any atom is -0.376 e. The van der Waals surface area contributed by atoms with Gasteiger partial charge in [0, 0.05) is 28.5 Å². The Morgan fingerprint density at radius 2 is 1.59 bits per heavy atom. The number of benzene rings is 2. The van der Waals surface area contributed by atoms with Gasteiger partial charge in [0.2, 0.25) is 11.8 Å². The zero-order valence-corrected chi connectivity index (χ0v) is 13.6. The molecule has 0 saturated heterocycles. The van der Waals surface area contributed by atoms with Crippen LogP contribution >= 0.6 is 15.9 Å². The van der Waals surface area contributed by atoms with E-state index in [1.165, 1.54) is 6.92 Å². The maximum Gasteiger partial charge on any atom is 0.243 e. The van der Waals surface area contributed by atoms with E-state index < -0.39 is 0 Å². The fourth-order valence-corrected chi connectivity index (χ4v) is 2.23. The van der Waals surface area contributed by atoms with Crippen molar-refractivity contribution in [3.8, 4) is 0 Å². The van der Waals surface area contributed by atoms with Crippen LogP contribution in [0, 0.1) is 0 Å². The van der Waals surface area contributed by atoms with E-state index in [0.29, 0.717) is 11.4 Å². The van der Waals surface area contributed by atoms with Crippen LogP contribution in [0.2, 0.25) is 0 Å². The van der Waals surface area contributed by atoms with E-state index in [9.17, 15) is 9.59 Å². The Labute approximate surface area is 137 Å². The van der Waals surface area contributed by atoms with Crippen LogP contribution in [0.3, 0.4) is 0 Å². The molecule has 0 bridgehead atoms. The Balaban J connectivity index is 1.85. The molecule has 3 N–H and O–H groups in total. The number of hydrogen-bond acceptors (Lipinski definition) is 3. The van der Waals surface area contributed by atoms with Gasteiger partial charge in [-0.05, 0) is 42.5 Å². The Morgan fingerprint density at radius 1 is 0.955 bits per heavy atom. The van der Waals surface area contributed by atoms with Crippen molar-refractivity contribution in [3.63, 3.8) is 0 Å². The van der Waals surface area contributed by atoms with Crippen LogP contribution in [0.25, 0.3) is 0 Å². The zero-order valence-electron chi connectivity index (χ0n) is 12.0. The first-order valence-corrected chi connectivity index (χ1v) is 7.49. The number of nitrogens with one attached hydrogen (secondary N) is 3. The van der Waals surface area contributed by atoms with Gasteiger partial charge in [-0.3, -0.25) is 9.59 Å². The highest BCUT2D eigenvalue weighted by Crippen LogP contribution is 2.16. The van der Waals surface area contributed by atoms with Crippen molar-refractivity contribution in [2.45, 2.75) is 6.92 Å². The smallest absolute Gasteiger partial charge is 0.243 e. The quantitative estimate of drug-likeness (QED) is 0.763. The summed E-state index contributed by atoms with van der Waals surface area (Å²) in [5.41, 5.74) is 2.23. The molecule has 22 heavy (non-hydrogen) atoms. The van der Waals surface area contributed by atoms with Crippen LogP contribution in [-0.4, -0.2) is 18.4 Å². The van der Waals surface area contributed by atoms with Crippen molar-refractivity contribution in [1.82, 2.24) is 0 Å². The van der Waals surface area contributed by atoms with Gasteiger partial charge in [0.15, 0.2) is 0 Å². The van der Waals surface area contributed by atoms with E-state index in [4.69, 9.17) is 0 Å². The largest absolute Gasteiger partial charge is 0.376 e. The summed E-state index contributed by atoms with van der Waals surface area (Å²) in [6.07, 6.45) is 0. The van der Waals surface area contributed by atoms with Gasteiger partial charge < -0.3 is 16.0 Å². The van der Waals surface area contributed by atoms with Crippen molar-refractivity contribution in [1.29, 1.82) is 0 Å². The molecule has 2 aromatic carbocycles. The Hall–Kier alpha value is -2.34. The lowest BCUT2D eigenvalue weighted by Gasteiger charge is -2.09. The minimum absolute atomic E-state index is 0.130. The lowest BCUT2D eigenvalue weighted by Crippen LogP contribution is -2.21. The average molecular weight is 362 g/mol. The van der Waals surface area contributed by atoms with Gasteiger partial charge in [-0.25, -0.2) is 0 Å². The maximum absolute atomic E-state index is 11.9. The standard InChI is InChI=1S/C16H16BrN3O2/c1-11(21)19-13-5-7-14(8-6-13)20-16(22)10-18-15-4-2-3-12(17)9-15/h2-9,18H,10H2,1H3,(H,19,21)(H,20,22). The van der Waals surface area contributed by atoms with Crippen molar-refractivity contribution in [3.05, 3.63) is 53.0 Å². The molecule has 0 heterocycles. The van der Waals surface area contributed by atoms with Crippen molar-refractivity contribution < 1.29 is 9.59 Å². The predicted octanol–water partition coefficient (Wildman–Crippen LogP) is 3.46. The van der Waals surface area contributed by atoms with Gasteiger partial charge in [-0.2, -0.15) is 0 Å². The molecule has 0 aromatic heterocycles.